The molecule has 1 aliphatic rings. The standard InChI is InChI=1S/C11H12F3NO/c12-8-4-3-7(10(13)11(8)14)9(16)5-15-6-1-2-6/h3-4,6,9,15-16H,1-2,5H2. The third-order valence-corrected chi connectivity index (χ3v) is 2.60. The quantitative estimate of drug-likeness (QED) is 0.775. The van der Waals surface area contributed by atoms with Crippen molar-refractivity contribution in [2.24, 2.45) is 0 Å². The largest absolute Gasteiger partial charge is 0.387 e. The van der Waals surface area contributed by atoms with Crippen LogP contribution in [-0.2, 0) is 0 Å². The average molecular weight is 231 g/mol. The van der Waals surface area contributed by atoms with Crippen LogP contribution in [0.5, 0.6) is 0 Å². The lowest BCUT2D eigenvalue weighted by atomic mass is 10.1. The lowest BCUT2D eigenvalue weighted by Crippen LogP contribution is -2.24. The lowest BCUT2D eigenvalue weighted by Gasteiger charge is -2.13. The number of rotatable bonds is 4. The van der Waals surface area contributed by atoms with Gasteiger partial charge < -0.3 is 10.4 Å². The Kier molecular flexibility index (Phi) is 3.16. The van der Waals surface area contributed by atoms with Crippen LogP contribution in [0.1, 0.15) is 24.5 Å². The Morgan fingerprint density at radius 1 is 1.25 bits per heavy atom. The number of hydrogen-bond donors (Lipinski definition) is 2. The molecule has 0 heterocycles. The summed E-state index contributed by atoms with van der Waals surface area (Å²) in [6.45, 7) is 0.145. The van der Waals surface area contributed by atoms with Crippen molar-refractivity contribution < 1.29 is 18.3 Å². The number of benzene rings is 1. The zero-order valence-corrected chi connectivity index (χ0v) is 8.51. The molecule has 88 valence electrons. The van der Waals surface area contributed by atoms with Gasteiger partial charge in [-0.15, -0.1) is 0 Å². The summed E-state index contributed by atoms with van der Waals surface area (Å²) in [6.07, 6.45) is 0.913. The molecular formula is C11H12F3NO. The third-order valence-electron chi connectivity index (χ3n) is 2.60. The minimum absolute atomic E-state index is 0.145. The fraction of sp³-hybridized carbons (Fsp3) is 0.455. The molecule has 1 atom stereocenters. The van der Waals surface area contributed by atoms with Crippen LogP contribution >= 0.6 is 0 Å². The second-order valence-electron chi connectivity index (χ2n) is 3.96. The Morgan fingerprint density at radius 2 is 1.94 bits per heavy atom. The monoisotopic (exact) mass is 231 g/mol. The first kappa shape index (κ1) is 11.4. The average Bonchev–Trinajstić information content (AvgIpc) is 3.07. The molecule has 0 amide bonds. The van der Waals surface area contributed by atoms with Gasteiger partial charge in [0.25, 0.3) is 0 Å². The summed E-state index contributed by atoms with van der Waals surface area (Å²) in [7, 11) is 0. The molecule has 0 bridgehead atoms. The van der Waals surface area contributed by atoms with E-state index in [9.17, 15) is 18.3 Å². The van der Waals surface area contributed by atoms with Crippen molar-refractivity contribution in [1.29, 1.82) is 0 Å². The third kappa shape index (κ3) is 2.36. The zero-order valence-electron chi connectivity index (χ0n) is 8.51. The smallest absolute Gasteiger partial charge is 0.194 e. The van der Waals surface area contributed by atoms with Crippen LogP contribution in [0.25, 0.3) is 0 Å². The highest BCUT2D eigenvalue weighted by molar-refractivity contribution is 5.22. The van der Waals surface area contributed by atoms with Gasteiger partial charge in [0.05, 0.1) is 6.10 Å². The maximum atomic E-state index is 13.3. The molecule has 1 aliphatic carbocycles. The van der Waals surface area contributed by atoms with Crippen molar-refractivity contribution in [2.45, 2.75) is 25.0 Å². The van der Waals surface area contributed by atoms with Gasteiger partial charge in [-0.3, -0.25) is 0 Å². The molecule has 1 aromatic carbocycles. The summed E-state index contributed by atoms with van der Waals surface area (Å²) >= 11 is 0. The molecule has 1 unspecified atom stereocenters. The Bertz CT molecular complexity index is 393. The van der Waals surface area contributed by atoms with Gasteiger partial charge in [0, 0.05) is 18.2 Å². The predicted octanol–water partition coefficient (Wildman–Crippen LogP) is 1.89. The van der Waals surface area contributed by atoms with E-state index < -0.39 is 23.6 Å². The second-order valence-corrected chi connectivity index (χ2v) is 3.96. The summed E-state index contributed by atoms with van der Waals surface area (Å²) in [6, 6.07) is 2.24. The maximum Gasteiger partial charge on any atom is 0.194 e. The van der Waals surface area contributed by atoms with Gasteiger partial charge in [-0.1, -0.05) is 6.07 Å². The van der Waals surface area contributed by atoms with E-state index in [0.29, 0.717) is 6.04 Å². The highest BCUT2D eigenvalue weighted by Crippen LogP contribution is 2.23. The van der Waals surface area contributed by atoms with Gasteiger partial charge in [0.1, 0.15) is 0 Å². The van der Waals surface area contributed by atoms with E-state index in [0.717, 1.165) is 25.0 Å². The van der Waals surface area contributed by atoms with E-state index >= 15 is 0 Å². The van der Waals surface area contributed by atoms with Gasteiger partial charge in [-0.25, -0.2) is 13.2 Å². The Morgan fingerprint density at radius 3 is 2.56 bits per heavy atom. The first-order chi connectivity index (χ1) is 7.59. The molecular weight excluding hydrogens is 219 g/mol. The molecule has 5 heteroatoms. The molecule has 1 fully saturated rings. The summed E-state index contributed by atoms with van der Waals surface area (Å²) < 4.78 is 38.8. The molecule has 2 nitrogen and oxygen atoms in total. The van der Waals surface area contributed by atoms with E-state index in [2.05, 4.69) is 5.32 Å². The summed E-state index contributed by atoms with van der Waals surface area (Å²) in [4.78, 5) is 0. The molecule has 1 aromatic rings. The molecule has 2 rings (SSSR count). The van der Waals surface area contributed by atoms with Crippen molar-refractivity contribution in [2.75, 3.05) is 6.54 Å². The molecule has 16 heavy (non-hydrogen) atoms. The molecule has 0 saturated heterocycles. The van der Waals surface area contributed by atoms with Crippen LogP contribution in [0.15, 0.2) is 12.1 Å². The van der Waals surface area contributed by atoms with Crippen molar-refractivity contribution >= 4 is 0 Å². The van der Waals surface area contributed by atoms with Gasteiger partial charge >= 0.3 is 0 Å². The Hall–Kier alpha value is -1.07. The fourth-order valence-corrected chi connectivity index (χ4v) is 1.47. The fourth-order valence-electron chi connectivity index (χ4n) is 1.47. The van der Waals surface area contributed by atoms with Crippen molar-refractivity contribution in [1.82, 2.24) is 5.32 Å². The molecule has 1 saturated carbocycles. The van der Waals surface area contributed by atoms with Gasteiger partial charge in [0.15, 0.2) is 17.5 Å². The van der Waals surface area contributed by atoms with Crippen molar-refractivity contribution in [3.63, 3.8) is 0 Å². The summed E-state index contributed by atoms with van der Waals surface area (Å²) in [5.74, 6) is -4.10. The summed E-state index contributed by atoms with van der Waals surface area (Å²) in [5.41, 5.74) is -0.216. The second kappa shape index (κ2) is 4.43. The zero-order chi connectivity index (χ0) is 11.7. The van der Waals surface area contributed by atoms with Gasteiger partial charge in [-0.05, 0) is 18.9 Å². The molecule has 0 aromatic heterocycles. The number of hydrogen-bond acceptors (Lipinski definition) is 2. The van der Waals surface area contributed by atoms with Gasteiger partial charge in [-0.2, -0.15) is 0 Å². The molecule has 0 aliphatic heterocycles. The summed E-state index contributed by atoms with van der Waals surface area (Å²) in [5, 5.41) is 12.6. The van der Waals surface area contributed by atoms with Crippen LogP contribution in [0.2, 0.25) is 0 Å². The van der Waals surface area contributed by atoms with Crippen molar-refractivity contribution in [3.8, 4) is 0 Å². The van der Waals surface area contributed by atoms with E-state index in [1.165, 1.54) is 0 Å². The number of aliphatic hydroxyl groups excluding tert-OH is 1. The highest BCUT2D eigenvalue weighted by atomic mass is 19.2. The number of nitrogens with one attached hydrogen (secondary N) is 1. The predicted molar refractivity (Wildman–Crippen MR) is 52.3 cm³/mol. The molecule has 0 radical (unpaired) electrons. The van der Waals surface area contributed by atoms with E-state index in [4.69, 9.17) is 0 Å². The van der Waals surface area contributed by atoms with Crippen LogP contribution in [0.3, 0.4) is 0 Å². The first-order valence-corrected chi connectivity index (χ1v) is 5.14. The normalized spacial score (nSPS) is 17.5. The van der Waals surface area contributed by atoms with E-state index in [-0.39, 0.29) is 12.1 Å². The highest BCUT2D eigenvalue weighted by Gasteiger charge is 2.24. The topological polar surface area (TPSA) is 32.3 Å². The maximum absolute atomic E-state index is 13.3. The molecule has 0 spiro atoms. The minimum atomic E-state index is -1.54. The van der Waals surface area contributed by atoms with Crippen LogP contribution in [0.4, 0.5) is 13.2 Å². The minimum Gasteiger partial charge on any atom is -0.387 e. The first-order valence-electron chi connectivity index (χ1n) is 5.14. The SMILES string of the molecule is OC(CNC1CC1)c1ccc(F)c(F)c1F. The van der Waals surface area contributed by atoms with Crippen LogP contribution in [0, 0.1) is 17.5 Å². The lowest BCUT2D eigenvalue weighted by molar-refractivity contribution is 0.168. The van der Waals surface area contributed by atoms with Crippen molar-refractivity contribution in [3.05, 3.63) is 35.1 Å². The van der Waals surface area contributed by atoms with E-state index in [1.807, 2.05) is 0 Å². The van der Waals surface area contributed by atoms with Crippen LogP contribution < -0.4 is 5.32 Å². The number of halogens is 3. The molecule has 2 N–H and O–H groups in total. The number of aliphatic hydroxyl groups is 1. The van der Waals surface area contributed by atoms with E-state index in [1.54, 1.807) is 0 Å². The van der Waals surface area contributed by atoms with Crippen LogP contribution in [-0.4, -0.2) is 17.7 Å². The Labute approximate surface area is 91.1 Å². The Balaban J connectivity index is 2.09. The van der Waals surface area contributed by atoms with Gasteiger partial charge in [0.2, 0.25) is 0 Å².